The fourth-order valence-corrected chi connectivity index (χ4v) is 1.52. The minimum atomic E-state index is -4.50. The Kier molecular flexibility index (Phi) is 3.61. The molecule has 0 radical (unpaired) electrons. The van der Waals surface area contributed by atoms with Crippen molar-refractivity contribution in [2.75, 3.05) is 0 Å². The van der Waals surface area contributed by atoms with Gasteiger partial charge in [0.25, 0.3) is 0 Å². The van der Waals surface area contributed by atoms with E-state index in [0.29, 0.717) is 0 Å². The molecule has 2 nitrogen and oxygen atoms in total. The number of hydrogen-bond donors (Lipinski definition) is 0. The van der Waals surface area contributed by atoms with Crippen LogP contribution in [0.3, 0.4) is 0 Å². The smallest absolute Gasteiger partial charge is 0.416 e. The third kappa shape index (κ3) is 3.06. The molecule has 0 N–H and O–H groups in total. The average Bonchev–Trinajstić information content (AvgIpc) is 2.40. The first kappa shape index (κ1) is 13.9. The summed E-state index contributed by atoms with van der Waals surface area (Å²) >= 11 is 0. The van der Waals surface area contributed by atoms with Crippen LogP contribution in [-0.2, 0) is 6.18 Å². The van der Waals surface area contributed by atoms with Crippen molar-refractivity contribution in [3.63, 3.8) is 0 Å². The topological polar surface area (TPSA) is 33.0 Å². The molecule has 2 aromatic carbocycles. The molecule has 0 heterocycles. The van der Waals surface area contributed by atoms with Crippen LogP contribution in [0.4, 0.5) is 17.6 Å². The summed E-state index contributed by atoms with van der Waals surface area (Å²) in [4.78, 5) is 0. The predicted octanol–water partition coefficient (Wildman–Crippen LogP) is 4.51. The molecule has 2 rings (SSSR count). The first-order valence-electron chi connectivity index (χ1n) is 5.45. The highest BCUT2D eigenvalue weighted by molar-refractivity contribution is 5.39. The van der Waals surface area contributed by atoms with E-state index in [0.717, 1.165) is 18.2 Å². The highest BCUT2D eigenvalue weighted by Crippen LogP contribution is 2.33. The lowest BCUT2D eigenvalue weighted by Gasteiger charge is -2.10. The van der Waals surface area contributed by atoms with Crippen molar-refractivity contribution in [1.29, 1.82) is 5.26 Å². The van der Waals surface area contributed by atoms with E-state index in [9.17, 15) is 17.6 Å². The first-order valence-corrected chi connectivity index (χ1v) is 5.45. The largest absolute Gasteiger partial charge is 0.454 e. The Morgan fingerprint density at radius 2 is 1.80 bits per heavy atom. The summed E-state index contributed by atoms with van der Waals surface area (Å²) in [5.74, 6) is -1.20. The summed E-state index contributed by atoms with van der Waals surface area (Å²) in [5, 5.41) is 8.59. The monoisotopic (exact) mass is 281 g/mol. The molecule has 0 aliphatic rings. The van der Waals surface area contributed by atoms with E-state index in [1.165, 1.54) is 24.3 Å². The Balaban J connectivity index is 2.29. The van der Waals surface area contributed by atoms with E-state index in [1.54, 1.807) is 6.07 Å². The van der Waals surface area contributed by atoms with Gasteiger partial charge in [-0.1, -0.05) is 6.07 Å². The van der Waals surface area contributed by atoms with Gasteiger partial charge in [0.1, 0.15) is 5.75 Å². The minimum Gasteiger partial charge on any atom is -0.454 e. The van der Waals surface area contributed by atoms with Crippen LogP contribution in [0.15, 0.2) is 42.5 Å². The van der Waals surface area contributed by atoms with Crippen molar-refractivity contribution >= 4 is 0 Å². The normalized spacial score (nSPS) is 10.9. The average molecular weight is 281 g/mol. The SMILES string of the molecule is N#Cc1ccc(Oc2cccc(C(F)(F)F)c2)c(F)c1. The Labute approximate surface area is 111 Å². The molecule has 0 atom stereocenters. The van der Waals surface area contributed by atoms with Gasteiger partial charge in [0, 0.05) is 0 Å². The molecule has 0 fully saturated rings. The fraction of sp³-hybridized carbons (Fsp3) is 0.0714. The molecule has 20 heavy (non-hydrogen) atoms. The van der Waals surface area contributed by atoms with E-state index >= 15 is 0 Å². The number of nitrogens with zero attached hydrogens (tertiary/aromatic N) is 1. The maximum Gasteiger partial charge on any atom is 0.416 e. The zero-order valence-corrected chi connectivity index (χ0v) is 9.91. The summed E-state index contributed by atoms with van der Waals surface area (Å²) in [6.45, 7) is 0. The van der Waals surface area contributed by atoms with Crippen LogP contribution in [0.2, 0.25) is 0 Å². The second-order valence-electron chi connectivity index (χ2n) is 3.88. The van der Waals surface area contributed by atoms with Crippen LogP contribution in [-0.4, -0.2) is 0 Å². The molecule has 0 amide bonds. The van der Waals surface area contributed by atoms with Gasteiger partial charge >= 0.3 is 6.18 Å². The van der Waals surface area contributed by atoms with E-state index in [2.05, 4.69) is 0 Å². The van der Waals surface area contributed by atoms with Gasteiger partial charge in [-0.25, -0.2) is 4.39 Å². The molecular formula is C14H7F4NO. The van der Waals surface area contributed by atoms with Crippen LogP contribution in [0.5, 0.6) is 11.5 Å². The lowest BCUT2D eigenvalue weighted by molar-refractivity contribution is -0.137. The van der Waals surface area contributed by atoms with E-state index in [-0.39, 0.29) is 17.1 Å². The van der Waals surface area contributed by atoms with Gasteiger partial charge in [0.15, 0.2) is 11.6 Å². The molecule has 0 saturated carbocycles. The fourth-order valence-electron chi connectivity index (χ4n) is 1.52. The van der Waals surface area contributed by atoms with E-state index in [4.69, 9.17) is 10.00 Å². The molecule has 0 aromatic heterocycles. The van der Waals surface area contributed by atoms with Gasteiger partial charge < -0.3 is 4.74 Å². The standard InChI is InChI=1S/C14H7F4NO/c15-12-6-9(8-19)4-5-13(12)20-11-3-1-2-10(7-11)14(16,17)18/h1-7H. The molecule has 0 aliphatic carbocycles. The molecular weight excluding hydrogens is 274 g/mol. The number of alkyl halides is 3. The highest BCUT2D eigenvalue weighted by atomic mass is 19.4. The molecule has 102 valence electrons. The van der Waals surface area contributed by atoms with Crippen molar-refractivity contribution in [2.45, 2.75) is 6.18 Å². The van der Waals surface area contributed by atoms with Gasteiger partial charge in [0.2, 0.25) is 0 Å². The maximum absolute atomic E-state index is 13.6. The summed E-state index contributed by atoms with van der Waals surface area (Å²) in [6.07, 6.45) is -4.50. The molecule has 6 heteroatoms. The van der Waals surface area contributed by atoms with Gasteiger partial charge in [-0.05, 0) is 36.4 Å². The van der Waals surface area contributed by atoms with Crippen molar-refractivity contribution in [2.24, 2.45) is 0 Å². The van der Waals surface area contributed by atoms with Crippen LogP contribution >= 0.6 is 0 Å². The summed E-state index contributed by atoms with van der Waals surface area (Å²) in [5.41, 5.74) is -0.789. The maximum atomic E-state index is 13.6. The molecule has 0 bridgehead atoms. The Bertz CT molecular complexity index is 674. The number of hydrogen-bond acceptors (Lipinski definition) is 2. The van der Waals surface area contributed by atoms with Gasteiger partial charge in [-0.15, -0.1) is 0 Å². The Morgan fingerprint density at radius 3 is 2.40 bits per heavy atom. The third-order valence-corrected chi connectivity index (χ3v) is 2.45. The zero-order valence-electron chi connectivity index (χ0n) is 9.91. The van der Waals surface area contributed by atoms with Gasteiger partial charge in [-0.2, -0.15) is 18.4 Å². The van der Waals surface area contributed by atoms with E-state index in [1.807, 2.05) is 0 Å². The second-order valence-corrected chi connectivity index (χ2v) is 3.88. The minimum absolute atomic E-state index is 0.0962. The molecule has 0 unspecified atom stereocenters. The quantitative estimate of drug-likeness (QED) is 0.759. The lowest BCUT2D eigenvalue weighted by atomic mass is 10.2. The van der Waals surface area contributed by atoms with Crippen molar-refractivity contribution in [3.8, 4) is 17.6 Å². The lowest BCUT2D eigenvalue weighted by Crippen LogP contribution is -2.04. The number of benzene rings is 2. The summed E-state index contributed by atoms with van der Waals surface area (Å²) < 4.78 is 56.2. The Hall–Kier alpha value is -2.55. The van der Waals surface area contributed by atoms with Crippen molar-refractivity contribution in [1.82, 2.24) is 0 Å². The van der Waals surface area contributed by atoms with Crippen molar-refractivity contribution < 1.29 is 22.3 Å². The summed E-state index contributed by atoms with van der Waals surface area (Å²) in [6, 6.07) is 9.31. The Morgan fingerprint density at radius 1 is 1.05 bits per heavy atom. The molecule has 2 aromatic rings. The molecule has 0 spiro atoms. The van der Waals surface area contributed by atoms with E-state index < -0.39 is 17.6 Å². The van der Waals surface area contributed by atoms with Crippen LogP contribution < -0.4 is 4.74 Å². The summed E-state index contributed by atoms with van der Waals surface area (Å²) in [7, 11) is 0. The van der Waals surface area contributed by atoms with Gasteiger partial charge in [0.05, 0.1) is 17.2 Å². The number of rotatable bonds is 2. The highest BCUT2D eigenvalue weighted by Gasteiger charge is 2.30. The number of ether oxygens (including phenoxy) is 1. The zero-order chi connectivity index (χ0) is 14.8. The number of nitriles is 1. The van der Waals surface area contributed by atoms with Gasteiger partial charge in [-0.3, -0.25) is 0 Å². The number of halogens is 4. The molecule has 0 aliphatic heterocycles. The first-order chi connectivity index (χ1) is 9.40. The van der Waals surface area contributed by atoms with Crippen LogP contribution in [0.25, 0.3) is 0 Å². The predicted molar refractivity (Wildman–Crippen MR) is 62.6 cm³/mol. The third-order valence-electron chi connectivity index (χ3n) is 2.45. The molecule has 0 saturated heterocycles. The van der Waals surface area contributed by atoms with Crippen LogP contribution in [0.1, 0.15) is 11.1 Å². The second kappa shape index (κ2) is 5.21. The van der Waals surface area contributed by atoms with Crippen molar-refractivity contribution in [3.05, 3.63) is 59.4 Å². The van der Waals surface area contributed by atoms with Crippen LogP contribution in [0, 0.1) is 17.1 Å².